The van der Waals surface area contributed by atoms with Gasteiger partial charge < -0.3 is 14.7 Å². The average molecular weight is 591 g/mol. The third-order valence-corrected chi connectivity index (χ3v) is 9.58. The van der Waals surface area contributed by atoms with Crippen LogP contribution in [0.1, 0.15) is 128 Å². The monoisotopic (exact) mass is 590 g/mol. The highest BCUT2D eigenvalue weighted by molar-refractivity contribution is 7.47. The Bertz CT molecular complexity index is 1120. The van der Waals surface area contributed by atoms with Gasteiger partial charge in [-0.3, -0.25) is 9.05 Å². The second kappa shape index (κ2) is 15.5. The maximum atomic E-state index is 13.7. The van der Waals surface area contributed by atoms with Crippen molar-refractivity contribution >= 4 is 13.8 Å². The number of allylic oxidation sites excluding steroid dienone is 3. The lowest BCUT2D eigenvalue weighted by atomic mass is 9.73. The molecule has 2 N–H and O–H groups in total. The minimum atomic E-state index is -4.47. The largest absolute Gasteiger partial charge is 0.507 e. The standard InChI is InChI=1S/C33H51O7P/c1-6-8-10-11-13-20-38-41(36,37)40-33(18-14-19-33)32(35)39-30-23-26(15-12-9-7-2)22-29(34)31(30)28-21-25(5)16-17-27(28)24(3)4/h21-23,27-28,34H,3,6-20H2,1-2,4-5H3,(H,36,37)/t27-,28+/m0/s1. The van der Waals surface area contributed by atoms with Gasteiger partial charge in [-0.15, -0.1) is 0 Å². The van der Waals surface area contributed by atoms with Crippen molar-refractivity contribution in [3.63, 3.8) is 0 Å². The molecule has 0 radical (unpaired) electrons. The van der Waals surface area contributed by atoms with Gasteiger partial charge in [0, 0.05) is 11.5 Å². The van der Waals surface area contributed by atoms with Crippen molar-refractivity contribution in [3.05, 3.63) is 47.1 Å². The van der Waals surface area contributed by atoms with E-state index in [1.807, 2.05) is 13.0 Å². The van der Waals surface area contributed by atoms with Crippen molar-refractivity contribution in [2.45, 2.75) is 129 Å². The number of phenols is 1. The Morgan fingerprint density at radius 2 is 1.78 bits per heavy atom. The number of ether oxygens (including phenoxy) is 1. The van der Waals surface area contributed by atoms with Gasteiger partial charge in [-0.2, -0.15) is 0 Å². The van der Waals surface area contributed by atoms with Crippen LogP contribution in [0.2, 0.25) is 0 Å². The Labute approximate surface area is 247 Å². The first-order valence-corrected chi connectivity index (χ1v) is 17.1. The van der Waals surface area contributed by atoms with E-state index in [2.05, 4.69) is 33.4 Å². The van der Waals surface area contributed by atoms with Crippen molar-refractivity contribution in [2.24, 2.45) is 5.92 Å². The topological polar surface area (TPSA) is 102 Å². The second-order valence-electron chi connectivity index (χ2n) is 12.1. The quantitative estimate of drug-likeness (QED) is 0.0613. The van der Waals surface area contributed by atoms with Crippen molar-refractivity contribution in [3.8, 4) is 11.5 Å². The molecule has 8 heteroatoms. The van der Waals surface area contributed by atoms with Crippen LogP contribution in [0, 0.1) is 5.92 Å². The Hall–Kier alpha value is -1.92. The third kappa shape index (κ3) is 9.28. The van der Waals surface area contributed by atoms with Gasteiger partial charge in [0.15, 0.2) is 5.60 Å². The molecule has 0 saturated heterocycles. The molecule has 1 aromatic rings. The summed E-state index contributed by atoms with van der Waals surface area (Å²) in [5, 5.41) is 11.3. The molecule has 0 aliphatic heterocycles. The van der Waals surface area contributed by atoms with E-state index in [-0.39, 0.29) is 42.8 Å². The zero-order valence-corrected chi connectivity index (χ0v) is 26.5. The lowest BCUT2D eigenvalue weighted by Gasteiger charge is -2.39. The number of carbonyl (C=O) groups excluding carboxylic acids is 1. The molecule has 0 heterocycles. The van der Waals surface area contributed by atoms with Crippen molar-refractivity contribution in [1.82, 2.24) is 0 Å². The predicted molar refractivity (Wildman–Crippen MR) is 163 cm³/mol. The van der Waals surface area contributed by atoms with E-state index in [9.17, 15) is 19.4 Å². The summed E-state index contributed by atoms with van der Waals surface area (Å²) in [5.41, 5.74) is 2.10. The lowest BCUT2D eigenvalue weighted by Crippen LogP contribution is -2.49. The van der Waals surface area contributed by atoms with Gasteiger partial charge in [-0.1, -0.05) is 76.2 Å². The number of carbonyl (C=O) groups is 1. The first kappa shape index (κ1) is 33.6. The highest BCUT2D eigenvalue weighted by Gasteiger charge is 2.52. The molecule has 0 aromatic heterocycles. The summed E-state index contributed by atoms with van der Waals surface area (Å²) >= 11 is 0. The highest BCUT2D eigenvalue weighted by Crippen LogP contribution is 2.54. The fourth-order valence-corrected chi connectivity index (χ4v) is 6.98. The molecule has 3 atom stereocenters. The predicted octanol–water partition coefficient (Wildman–Crippen LogP) is 9.07. The van der Waals surface area contributed by atoms with Crippen LogP contribution >= 0.6 is 7.82 Å². The van der Waals surface area contributed by atoms with Crippen LogP contribution in [-0.2, 0) is 24.8 Å². The molecule has 2 aliphatic rings. The van der Waals surface area contributed by atoms with Gasteiger partial charge in [0.2, 0.25) is 0 Å². The number of hydrogen-bond acceptors (Lipinski definition) is 6. The number of phosphoric ester groups is 1. The maximum absolute atomic E-state index is 13.7. The molecule has 0 amide bonds. The number of esters is 1. The van der Waals surface area contributed by atoms with Crippen molar-refractivity contribution in [1.29, 1.82) is 0 Å². The Morgan fingerprint density at radius 3 is 2.41 bits per heavy atom. The van der Waals surface area contributed by atoms with Gasteiger partial charge in [0.05, 0.1) is 6.61 Å². The number of aryl methyl sites for hydroxylation is 1. The van der Waals surface area contributed by atoms with E-state index in [4.69, 9.17) is 13.8 Å². The van der Waals surface area contributed by atoms with Crippen LogP contribution in [0.4, 0.5) is 0 Å². The minimum absolute atomic E-state index is 0.0882. The van der Waals surface area contributed by atoms with E-state index in [1.54, 1.807) is 6.07 Å². The molecular formula is C33H51O7P. The molecule has 230 valence electrons. The zero-order chi connectivity index (χ0) is 30.0. The van der Waals surface area contributed by atoms with E-state index in [1.165, 1.54) is 5.57 Å². The van der Waals surface area contributed by atoms with E-state index < -0.39 is 19.4 Å². The van der Waals surface area contributed by atoms with Crippen LogP contribution in [0.25, 0.3) is 0 Å². The number of benzene rings is 1. The zero-order valence-electron chi connectivity index (χ0n) is 25.6. The number of unbranched alkanes of at least 4 members (excludes halogenated alkanes) is 6. The first-order chi connectivity index (χ1) is 19.5. The van der Waals surface area contributed by atoms with Gasteiger partial charge in [0.1, 0.15) is 11.5 Å². The Morgan fingerprint density at radius 1 is 1.10 bits per heavy atom. The van der Waals surface area contributed by atoms with Gasteiger partial charge in [-0.05, 0) is 88.8 Å². The SMILES string of the molecule is C=C(C)[C@@H]1CCC(C)=C[C@H]1c1c(O)cc(CCCCC)cc1OC(=O)C1(OP(=O)(O)OCCCCCCC)CCC1. The normalized spacial score (nSPS) is 21.4. The molecular weight excluding hydrogens is 539 g/mol. The van der Waals surface area contributed by atoms with Crippen LogP contribution in [-0.4, -0.2) is 28.2 Å². The summed E-state index contributed by atoms with van der Waals surface area (Å²) in [5.74, 6) is -0.466. The molecule has 2 aliphatic carbocycles. The molecule has 0 bridgehead atoms. The second-order valence-corrected chi connectivity index (χ2v) is 13.4. The Balaban J connectivity index is 1.86. The summed E-state index contributed by atoms with van der Waals surface area (Å²) in [4.78, 5) is 24.2. The number of hydrogen-bond donors (Lipinski definition) is 2. The number of aromatic hydroxyl groups is 1. The summed E-state index contributed by atoms with van der Waals surface area (Å²) < 4.78 is 29.7. The van der Waals surface area contributed by atoms with Gasteiger partial charge >= 0.3 is 13.8 Å². The summed E-state index contributed by atoms with van der Waals surface area (Å²) in [6, 6.07) is 3.62. The molecule has 7 nitrogen and oxygen atoms in total. The molecule has 0 spiro atoms. The average Bonchev–Trinajstić information content (AvgIpc) is 2.88. The number of phosphoric acid groups is 1. The van der Waals surface area contributed by atoms with E-state index in [0.717, 1.165) is 75.3 Å². The summed E-state index contributed by atoms with van der Waals surface area (Å²) in [7, 11) is -4.47. The summed E-state index contributed by atoms with van der Waals surface area (Å²) in [6.45, 7) is 12.6. The minimum Gasteiger partial charge on any atom is -0.507 e. The molecule has 1 fully saturated rings. The van der Waals surface area contributed by atoms with Crippen LogP contribution in [0.3, 0.4) is 0 Å². The molecule has 1 saturated carbocycles. The van der Waals surface area contributed by atoms with Crippen molar-refractivity contribution < 1.29 is 33.1 Å². The fraction of sp³-hybridized carbons (Fsp3) is 0.667. The van der Waals surface area contributed by atoms with E-state index >= 15 is 0 Å². The van der Waals surface area contributed by atoms with Gasteiger partial charge in [0.25, 0.3) is 0 Å². The number of phenolic OH excluding ortho intramolecular Hbond substituents is 1. The smallest absolute Gasteiger partial charge is 0.473 e. The van der Waals surface area contributed by atoms with Crippen LogP contribution in [0.5, 0.6) is 11.5 Å². The highest BCUT2D eigenvalue weighted by atomic mass is 31.2. The third-order valence-electron chi connectivity index (χ3n) is 8.49. The maximum Gasteiger partial charge on any atom is 0.473 e. The lowest BCUT2D eigenvalue weighted by molar-refractivity contribution is -0.162. The molecule has 1 aromatic carbocycles. The van der Waals surface area contributed by atoms with Gasteiger partial charge in [-0.25, -0.2) is 9.36 Å². The fourth-order valence-electron chi connectivity index (χ4n) is 5.87. The van der Waals surface area contributed by atoms with Crippen LogP contribution < -0.4 is 4.74 Å². The summed E-state index contributed by atoms with van der Waals surface area (Å²) in [6.07, 6.45) is 13.8. The molecule has 41 heavy (non-hydrogen) atoms. The van der Waals surface area contributed by atoms with Crippen LogP contribution in [0.15, 0.2) is 35.9 Å². The first-order valence-electron chi connectivity index (χ1n) is 15.6. The molecule has 3 rings (SSSR count). The van der Waals surface area contributed by atoms with E-state index in [0.29, 0.717) is 18.4 Å². The molecule has 1 unspecified atom stereocenters. The number of rotatable bonds is 17. The van der Waals surface area contributed by atoms with Crippen molar-refractivity contribution in [2.75, 3.05) is 6.61 Å². The Kier molecular flexibility index (Phi) is 12.7.